The first kappa shape index (κ1) is 28.4. The van der Waals surface area contributed by atoms with E-state index in [1.807, 2.05) is 51.5 Å². The monoisotopic (exact) mass is 534 g/mol. The van der Waals surface area contributed by atoms with Crippen LogP contribution in [-0.2, 0) is 11.8 Å². The van der Waals surface area contributed by atoms with Crippen LogP contribution < -0.4 is 15.0 Å². The number of nitrogens with zero attached hydrogens (tertiary/aromatic N) is 5. The molecule has 38 heavy (non-hydrogen) atoms. The molecule has 0 aliphatic carbocycles. The molecule has 3 aromatic rings. The van der Waals surface area contributed by atoms with Crippen molar-refractivity contribution in [2.45, 2.75) is 38.4 Å². The topological polar surface area (TPSA) is 122 Å². The molecular formula is C25H29F3N6O4. The highest BCUT2D eigenvalue weighted by molar-refractivity contribution is 5.94. The highest BCUT2D eigenvalue weighted by Gasteiger charge is 2.38. The number of carboxylic acid groups (broad SMARTS) is 1. The van der Waals surface area contributed by atoms with Crippen molar-refractivity contribution < 1.29 is 32.6 Å². The van der Waals surface area contributed by atoms with Crippen LogP contribution in [0.2, 0.25) is 0 Å². The van der Waals surface area contributed by atoms with E-state index < -0.39 is 12.1 Å². The van der Waals surface area contributed by atoms with Gasteiger partial charge in [-0.1, -0.05) is 17.2 Å². The largest absolute Gasteiger partial charge is 0.490 e. The summed E-state index contributed by atoms with van der Waals surface area (Å²) in [4.78, 5) is 32.7. The zero-order valence-electron chi connectivity index (χ0n) is 21.4. The molecule has 1 fully saturated rings. The number of aryl methyl sites for hydroxylation is 3. The summed E-state index contributed by atoms with van der Waals surface area (Å²) in [5.74, 6) is -1.36. The van der Waals surface area contributed by atoms with Gasteiger partial charge in [0.15, 0.2) is 0 Å². The summed E-state index contributed by atoms with van der Waals surface area (Å²) in [6.07, 6.45) is 1.12. The van der Waals surface area contributed by atoms with Gasteiger partial charge in [-0.3, -0.25) is 9.48 Å². The van der Waals surface area contributed by atoms with E-state index in [-0.39, 0.29) is 17.9 Å². The van der Waals surface area contributed by atoms with E-state index in [9.17, 15) is 18.0 Å². The quantitative estimate of drug-likeness (QED) is 0.512. The van der Waals surface area contributed by atoms with E-state index in [4.69, 9.17) is 14.6 Å². The highest BCUT2D eigenvalue weighted by atomic mass is 19.4. The summed E-state index contributed by atoms with van der Waals surface area (Å²) in [6, 6.07) is 7.78. The molecular weight excluding hydrogens is 505 g/mol. The third-order valence-electron chi connectivity index (χ3n) is 5.97. The van der Waals surface area contributed by atoms with Crippen molar-refractivity contribution in [1.82, 2.24) is 25.1 Å². The van der Waals surface area contributed by atoms with Gasteiger partial charge in [0.05, 0.1) is 13.3 Å². The number of alkyl halides is 3. The molecule has 0 bridgehead atoms. The standard InChI is InChI=1S/C23H28N6O2.C2HF3O2/c1-15-7-16(2)9-17(8-15)23(30)27-20-5-6-29(21-10-22(31-4)25-14-24-21)13-19(20)18-11-26-28(3)12-18;3-2(4,5)1(6)7/h7-12,14,19-20H,5-6,13H2,1-4H3,(H,27,30);(H,6,7). The molecule has 2 atom stereocenters. The lowest BCUT2D eigenvalue weighted by atomic mass is 9.87. The number of ether oxygens (including phenoxy) is 1. The molecule has 0 radical (unpaired) electrons. The van der Waals surface area contributed by atoms with Crippen LogP contribution in [-0.4, -0.2) is 69.1 Å². The molecule has 2 N–H and O–H groups in total. The molecule has 2 aromatic heterocycles. The lowest BCUT2D eigenvalue weighted by molar-refractivity contribution is -0.192. The summed E-state index contributed by atoms with van der Waals surface area (Å²) in [6.45, 7) is 5.51. The third kappa shape index (κ3) is 7.43. The van der Waals surface area contributed by atoms with E-state index in [2.05, 4.69) is 31.3 Å². The number of carbonyl (C=O) groups is 2. The Balaban J connectivity index is 0.000000505. The maximum atomic E-state index is 13.1. The van der Waals surface area contributed by atoms with Crippen molar-refractivity contribution in [2.24, 2.45) is 7.05 Å². The third-order valence-corrected chi connectivity index (χ3v) is 5.97. The van der Waals surface area contributed by atoms with Crippen molar-refractivity contribution >= 4 is 17.7 Å². The van der Waals surface area contributed by atoms with E-state index in [0.717, 1.165) is 35.5 Å². The van der Waals surface area contributed by atoms with Gasteiger partial charge in [0.2, 0.25) is 5.88 Å². The number of rotatable bonds is 5. The van der Waals surface area contributed by atoms with Crippen LogP contribution in [0.4, 0.5) is 19.0 Å². The van der Waals surface area contributed by atoms with Gasteiger partial charge in [0.25, 0.3) is 5.91 Å². The van der Waals surface area contributed by atoms with Crippen molar-refractivity contribution in [1.29, 1.82) is 0 Å². The number of piperidine rings is 1. The van der Waals surface area contributed by atoms with Gasteiger partial charge in [0, 0.05) is 49.9 Å². The number of amides is 1. The first-order valence-electron chi connectivity index (χ1n) is 11.7. The number of aliphatic carboxylic acids is 1. The molecule has 1 aliphatic heterocycles. The van der Waals surface area contributed by atoms with Gasteiger partial charge in [0.1, 0.15) is 12.1 Å². The predicted octanol–water partition coefficient (Wildman–Crippen LogP) is 3.26. The van der Waals surface area contributed by atoms with Crippen molar-refractivity contribution in [3.8, 4) is 5.88 Å². The van der Waals surface area contributed by atoms with E-state index >= 15 is 0 Å². The first-order valence-corrected chi connectivity index (χ1v) is 11.7. The number of carboxylic acids is 1. The van der Waals surface area contributed by atoms with Crippen LogP contribution >= 0.6 is 0 Å². The number of benzene rings is 1. The normalized spacial score (nSPS) is 17.3. The lowest BCUT2D eigenvalue weighted by Gasteiger charge is -2.39. The summed E-state index contributed by atoms with van der Waals surface area (Å²) in [5.41, 5.74) is 3.97. The molecule has 2 unspecified atom stereocenters. The minimum absolute atomic E-state index is 0.00231. The summed E-state index contributed by atoms with van der Waals surface area (Å²) in [5, 5.41) is 14.8. The molecule has 1 aliphatic rings. The second-order valence-electron chi connectivity index (χ2n) is 8.97. The van der Waals surface area contributed by atoms with Gasteiger partial charge < -0.3 is 20.1 Å². The maximum Gasteiger partial charge on any atom is 0.490 e. The summed E-state index contributed by atoms with van der Waals surface area (Å²) in [7, 11) is 3.50. The number of halogens is 3. The van der Waals surface area contributed by atoms with Crippen molar-refractivity contribution in [3.63, 3.8) is 0 Å². The van der Waals surface area contributed by atoms with Crippen LogP contribution in [0.5, 0.6) is 5.88 Å². The zero-order valence-corrected chi connectivity index (χ0v) is 21.4. The smallest absolute Gasteiger partial charge is 0.481 e. The fourth-order valence-electron chi connectivity index (χ4n) is 4.27. The second-order valence-corrected chi connectivity index (χ2v) is 8.97. The lowest BCUT2D eigenvalue weighted by Crippen LogP contribution is -2.50. The summed E-state index contributed by atoms with van der Waals surface area (Å²) < 4.78 is 38.8. The minimum atomic E-state index is -5.08. The number of methoxy groups -OCH3 is 1. The van der Waals surface area contributed by atoms with Gasteiger partial charge >= 0.3 is 12.1 Å². The molecule has 0 spiro atoms. The summed E-state index contributed by atoms with van der Waals surface area (Å²) >= 11 is 0. The number of anilines is 1. The SMILES string of the molecule is COc1cc(N2CCC(NC(=O)c3cc(C)cc(C)c3)C(c3cnn(C)c3)C2)ncn1.O=C(O)C(F)(F)F. The van der Waals surface area contributed by atoms with E-state index in [0.29, 0.717) is 18.0 Å². The average Bonchev–Trinajstić information content (AvgIpc) is 3.29. The highest BCUT2D eigenvalue weighted by Crippen LogP contribution is 2.30. The average molecular weight is 535 g/mol. The molecule has 204 valence electrons. The van der Waals surface area contributed by atoms with E-state index in [1.165, 1.54) is 6.33 Å². The van der Waals surface area contributed by atoms with Crippen LogP contribution in [0.3, 0.4) is 0 Å². The van der Waals surface area contributed by atoms with Crippen molar-refractivity contribution in [3.05, 3.63) is 65.2 Å². The Morgan fingerprint density at radius 2 is 1.79 bits per heavy atom. The molecule has 1 aromatic carbocycles. The van der Waals surface area contributed by atoms with Crippen LogP contribution in [0.1, 0.15) is 39.4 Å². The number of hydrogen-bond donors (Lipinski definition) is 2. The number of nitrogens with one attached hydrogen (secondary N) is 1. The van der Waals surface area contributed by atoms with Gasteiger partial charge in [-0.05, 0) is 38.0 Å². The minimum Gasteiger partial charge on any atom is -0.481 e. The molecule has 3 heterocycles. The van der Waals surface area contributed by atoms with Crippen LogP contribution in [0, 0.1) is 13.8 Å². The Labute approximate surface area is 217 Å². The van der Waals surface area contributed by atoms with E-state index in [1.54, 1.807) is 11.8 Å². The number of hydrogen-bond acceptors (Lipinski definition) is 7. The molecule has 1 saturated heterocycles. The molecule has 0 saturated carbocycles. The fraction of sp³-hybridized carbons (Fsp3) is 0.400. The Morgan fingerprint density at radius 3 is 2.34 bits per heavy atom. The predicted molar refractivity (Wildman–Crippen MR) is 132 cm³/mol. The Kier molecular flexibility index (Phi) is 8.92. The zero-order chi connectivity index (χ0) is 28.0. The van der Waals surface area contributed by atoms with Crippen molar-refractivity contribution in [2.75, 3.05) is 25.1 Å². The number of aromatic nitrogens is 4. The number of carbonyl (C=O) groups excluding carboxylic acids is 1. The second kappa shape index (κ2) is 11.9. The molecule has 1 amide bonds. The fourth-order valence-corrected chi connectivity index (χ4v) is 4.27. The Bertz CT molecular complexity index is 1260. The Morgan fingerprint density at radius 1 is 1.13 bits per heavy atom. The van der Waals surface area contributed by atoms with Crippen LogP contribution in [0.15, 0.2) is 43.0 Å². The molecule has 4 rings (SSSR count). The van der Waals surface area contributed by atoms with Gasteiger partial charge in [-0.25, -0.2) is 14.8 Å². The molecule has 10 nitrogen and oxygen atoms in total. The van der Waals surface area contributed by atoms with Gasteiger partial charge in [-0.15, -0.1) is 0 Å². The molecule has 13 heteroatoms. The Hall–Kier alpha value is -4.16. The van der Waals surface area contributed by atoms with Crippen LogP contribution in [0.25, 0.3) is 0 Å². The maximum absolute atomic E-state index is 13.1. The van der Waals surface area contributed by atoms with Gasteiger partial charge in [-0.2, -0.15) is 18.3 Å². The first-order chi connectivity index (χ1) is 17.9.